The first-order valence-electron chi connectivity index (χ1n) is 24.4. The molecule has 0 bridgehead atoms. The zero-order chi connectivity index (χ0) is 53.0. The Morgan fingerprint density at radius 1 is 0.959 bits per heavy atom. The van der Waals surface area contributed by atoms with Gasteiger partial charge in [-0.15, -0.1) is 11.3 Å². The number of primary amides is 1. The molecule has 2 aromatic carbocycles. The number of amides is 7. The zero-order valence-electron chi connectivity index (χ0n) is 42.2. The smallest absolute Gasteiger partial charge is 0.461 e. The van der Waals surface area contributed by atoms with E-state index in [0.29, 0.717) is 32.6 Å². The number of hydrogen-bond acceptors (Lipinski definition) is 15. The fourth-order valence-electron chi connectivity index (χ4n) is 8.64. The average molecular weight is 1030 g/mol. The number of carbonyl (C=O) groups excluding carboxylic acids is 8. The molecule has 0 spiro atoms. The Bertz CT molecular complexity index is 2480. The summed E-state index contributed by atoms with van der Waals surface area (Å²) in [6, 6.07) is 10.3. The minimum atomic E-state index is -1.50. The Labute approximate surface area is 428 Å². The molecule has 3 aliphatic rings. The van der Waals surface area contributed by atoms with E-state index in [4.69, 9.17) is 24.7 Å². The summed E-state index contributed by atoms with van der Waals surface area (Å²) in [7, 11) is 1.93. The van der Waals surface area contributed by atoms with Crippen molar-refractivity contribution in [2.24, 2.45) is 11.1 Å². The van der Waals surface area contributed by atoms with Gasteiger partial charge in [0.1, 0.15) is 35.8 Å². The van der Waals surface area contributed by atoms with Crippen molar-refractivity contribution in [3.05, 3.63) is 83.5 Å². The number of ether oxygens (including phenoxy) is 4. The van der Waals surface area contributed by atoms with E-state index in [-0.39, 0.29) is 63.1 Å². The fourth-order valence-corrected chi connectivity index (χ4v) is 9.45. The maximum Gasteiger partial charge on any atom is 0.509 e. The number of carbonyl (C=O) groups is 8. The fraction of sp³-hybridized carbons (Fsp3) is 0.510. The number of aromatic nitrogens is 1. The largest absolute Gasteiger partial charge is 0.509 e. The van der Waals surface area contributed by atoms with E-state index in [2.05, 4.69) is 37.7 Å². The molecule has 394 valence electrons. The normalized spacial score (nSPS) is 18.7. The summed E-state index contributed by atoms with van der Waals surface area (Å²) < 4.78 is 22.5. The van der Waals surface area contributed by atoms with Gasteiger partial charge in [-0.3, -0.25) is 28.9 Å². The van der Waals surface area contributed by atoms with E-state index in [1.54, 1.807) is 31.2 Å². The van der Waals surface area contributed by atoms with Crippen LogP contribution in [0, 0.1) is 12.3 Å². The number of urea groups is 1. The summed E-state index contributed by atoms with van der Waals surface area (Å²) in [6.07, 6.45) is -1.82. The lowest BCUT2D eigenvalue weighted by Gasteiger charge is -2.38. The van der Waals surface area contributed by atoms with Crippen molar-refractivity contribution in [2.45, 2.75) is 109 Å². The number of likely N-dealkylation sites (N-methyl/N-ethyl adjacent to an activating group) is 1. The molecular formula is C51H67N9O12S. The van der Waals surface area contributed by atoms with Crippen molar-refractivity contribution >= 4 is 64.9 Å². The first-order chi connectivity index (χ1) is 34.7. The average Bonchev–Trinajstić information content (AvgIpc) is 3.96. The van der Waals surface area contributed by atoms with Crippen LogP contribution in [0.1, 0.15) is 95.2 Å². The molecule has 3 unspecified atom stereocenters. The third-order valence-electron chi connectivity index (χ3n) is 12.9. The second kappa shape index (κ2) is 24.6. The van der Waals surface area contributed by atoms with Crippen molar-refractivity contribution < 1.29 is 57.3 Å². The molecule has 21 nitrogen and oxygen atoms in total. The third-order valence-corrected chi connectivity index (χ3v) is 13.9. The van der Waals surface area contributed by atoms with Gasteiger partial charge in [0.05, 0.1) is 28.7 Å². The van der Waals surface area contributed by atoms with Crippen LogP contribution in [0.15, 0.2) is 66.7 Å². The molecule has 2 aliphatic heterocycles. The molecule has 7 amide bonds. The van der Waals surface area contributed by atoms with Crippen LogP contribution in [0.3, 0.4) is 0 Å². The number of nitrogens with two attached hydrogens (primary N) is 1. The number of hydrogen-bond donors (Lipinski definition) is 5. The molecule has 22 heteroatoms. The summed E-state index contributed by atoms with van der Waals surface area (Å²) >= 11 is 1.54. The standard InChI is InChI=1S/C51H67N9O12S/c1-8-27-69-46(65)51(20-10-21-51)45(64)57-38(11-9-22-53-47(52)66)42(61)56-36-18-16-34(17-19-36)40(44(63)59-25-23-58(7)24-26-59)71-49(68)70-37-28-39(60(29-37)48(67)72-50(4,5)6)43(62)55-31(2)33-12-14-35(15-13-33)41-32(3)54-30-73-41/h8,12-19,30-31,37-40H,1,9-11,20-29H2,2-7H3,(H,55,62)(H,56,61)(H,57,64)(H3,52,53,66)/t31-,37?,38-,39?,40?/m0/s1. The number of thiazole rings is 1. The number of benzene rings is 2. The van der Waals surface area contributed by atoms with Crippen LogP contribution >= 0.6 is 11.3 Å². The predicted molar refractivity (Wildman–Crippen MR) is 270 cm³/mol. The molecule has 3 aromatic rings. The highest BCUT2D eigenvalue weighted by Crippen LogP contribution is 2.42. The number of piperazine rings is 1. The number of esters is 1. The predicted octanol–water partition coefficient (Wildman–Crippen LogP) is 5.11. The Morgan fingerprint density at radius 3 is 2.22 bits per heavy atom. The van der Waals surface area contributed by atoms with Crippen LogP contribution in [0.5, 0.6) is 0 Å². The summed E-state index contributed by atoms with van der Waals surface area (Å²) in [4.78, 5) is 118. The number of aryl methyl sites for hydroxylation is 1. The topological polar surface area (TPSA) is 270 Å². The van der Waals surface area contributed by atoms with Gasteiger partial charge in [0.25, 0.3) is 5.91 Å². The van der Waals surface area contributed by atoms with Gasteiger partial charge in [-0.05, 0) is 90.6 Å². The lowest BCUT2D eigenvalue weighted by Crippen LogP contribution is -2.56. The van der Waals surface area contributed by atoms with E-state index in [9.17, 15) is 38.4 Å². The zero-order valence-corrected chi connectivity index (χ0v) is 43.0. The second-order valence-corrected chi connectivity index (χ2v) is 20.4. The molecule has 1 saturated carbocycles. The Morgan fingerprint density at radius 2 is 1.63 bits per heavy atom. The maximum absolute atomic E-state index is 14.2. The molecule has 1 aliphatic carbocycles. The molecule has 3 heterocycles. The van der Waals surface area contributed by atoms with Gasteiger partial charge in [-0.25, -0.2) is 19.4 Å². The highest BCUT2D eigenvalue weighted by Gasteiger charge is 2.53. The molecule has 5 atom stereocenters. The number of likely N-dealkylation sites (tertiary alicyclic amines) is 1. The van der Waals surface area contributed by atoms with E-state index >= 15 is 0 Å². The van der Waals surface area contributed by atoms with Gasteiger partial charge in [-0.2, -0.15) is 0 Å². The highest BCUT2D eigenvalue weighted by atomic mass is 32.1. The van der Waals surface area contributed by atoms with Crippen molar-refractivity contribution in [2.75, 3.05) is 58.2 Å². The molecule has 0 radical (unpaired) electrons. The second-order valence-electron chi connectivity index (χ2n) is 19.5. The van der Waals surface area contributed by atoms with Crippen molar-refractivity contribution in [1.29, 1.82) is 0 Å². The number of rotatable bonds is 19. The van der Waals surface area contributed by atoms with E-state index in [1.165, 1.54) is 46.6 Å². The Balaban J connectivity index is 1.15. The van der Waals surface area contributed by atoms with Gasteiger partial charge in [0.2, 0.25) is 23.8 Å². The SMILES string of the molecule is C=CCOC(=O)C1(C(=O)N[C@@H](CCCNC(N)=O)C(=O)Nc2ccc(C(OC(=O)OC3CC(C(=O)N[C@@H](C)c4ccc(-c5scnc5C)cc4)N(C(=O)OC(C)(C)C)C3)C(=O)N3CCN(C)CC3)cc2)CCC1. The van der Waals surface area contributed by atoms with Gasteiger partial charge in [-0.1, -0.05) is 55.5 Å². The monoisotopic (exact) mass is 1030 g/mol. The number of anilines is 1. The van der Waals surface area contributed by atoms with Crippen LogP contribution in [-0.2, 0) is 42.9 Å². The molecule has 1 aromatic heterocycles. The third kappa shape index (κ3) is 14.6. The summed E-state index contributed by atoms with van der Waals surface area (Å²) in [5, 5.41) is 10.9. The number of nitrogens with zero attached hydrogens (tertiary/aromatic N) is 4. The van der Waals surface area contributed by atoms with Crippen LogP contribution in [0.4, 0.5) is 20.1 Å². The minimum absolute atomic E-state index is 0.0650. The van der Waals surface area contributed by atoms with Crippen LogP contribution < -0.4 is 27.0 Å². The molecule has 73 heavy (non-hydrogen) atoms. The van der Waals surface area contributed by atoms with Gasteiger partial charge < -0.3 is 55.7 Å². The lowest BCUT2D eigenvalue weighted by atomic mass is 9.68. The van der Waals surface area contributed by atoms with Crippen LogP contribution in [-0.4, -0.2) is 144 Å². The minimum Gasteiger partial charge on any atom is -0.461 e. The number of nitrogens with one attached hydrogen (secondary N) is 4. The van der Waals surface area contributed by atoms with E-state index in [0.717, 1.165) is 21.7 Å². The van der Waals surface area contributed by atoms with Gasteiger partial charge >= 0.3 is 24.2 Å². The van der Waals surface area contributed by atoms with Crippen molar-refractivity contribution in [1.82, 2.24) is 35.6 Å². The molecule has 2 saturated heterocycles. The van der Waals surface area contributed by atoms with Gasteiger partial charge in [0.15, 0.2) is 0 Å². The lowest BCUT2D eigenvalue weighted by molar-refractivity contribution is -0.167. The van der Waals surface area contributed by atoms with Crippen molar-refractivity contribution in [3.8, 4) is 10.4 Å². The Kier molecular flexibility index (Phi) is 18.6. The molecule has 6 rings (SSSR count). The first-order valence-corrected chi connectivity index (χ1v) is 25.2. The first kappa shape index (κ1) is 55.2. The summed E-state index contributed by atoms with van der Waals surface area (Å²) in [6.45, 7) is 14.1. The summed E-state index contributed by atoms with van der Waals surface area (Å²) in [5.41, 5.74) is 7.89. The summed E-state index contributed by atoms with van der Waals surface area (Å²) in [5.74, 6) is -3.01. The van der Waals surface area contributed by atoms with Crippen LogP contribution in [0.25, 0.3) is 10.4 Å². The van der Waals surface area contributed by atoms with E-state index in [1.807, 2.05) is 45.2 Å². The molecule has 6 N–H and O–H groups in total. The quantitative estimate of drug-likeness (QED) is 0.0343. The highest BCUT2D eigenvalue weighted by molar-refractivity contribution is 7.13. The van der Waals surface area contributed by atoms with Crippen LogP contribution in [0.2, 0.25) is 0 Å². The van der Waals surface area contributed by atoms with Gasteiger partial charge in [0, 0.05) is 50.4 Å². The van der Waals surface area contributed by atoms with Crippen molar-refractivity contribution in [3.63, 3.8) is 0 Å². The Hall–Kier alpha value is -7.07. The molecule has 3 fully saturated rings. The maximum atomic E-state index is 14.2. The molecular weight excluding hydrogens is 963 g/mol. The van der Waals surface area contributed by atoms with E-state index < -0.39 is 89.2 Å².